The average Bonchev–Trinajstić information content (AvgIpc) is 2.71. The average molecular weight is 267 g/mol. The lowest BCUT2D eigenvalue weighted by Gasteiger charge is -2.43. The predicted octanol–water partition coefficient (Wildman–Crippen LogP) is 3.39. The van der Waals surface area contributed by atoms with E-state index >= 15 is 0 Å². The first-order valence-electron chi connectivity index (χ1n) is 7.75. The Hall–Kier alpha value is -0.570. The quantitative estimate of drug-likeness (QED) is 0.852. The second kappa shape index (κ2) is 5.08. The first kappa shape index (κ1) is 14.8. The van der Waals surface area contributed by atoms with Crippen LogP contribution in [0.5, 0.6) is 0 Å². The van der Waals surface area contributed by atoms with Crippen LogP contribution < -0.4 is 0 Å². The van der Waals surface area contributed by atoms with Crippen molar-refractivity contribution in [1.29, 1.82) is 0 Å². The standard InChI is InChI=1S/C16H29NO2/c1-5-16(14(18)19)6-7-17(11-16)13-8-12(2)9-15(3,4)10-13/h12-13H,5-11H2,1-4H3,(H,18,19). The van der Waals surface area contributed by atoms with E-state index in [1.54, 1.807) is 0 Å². The minimum absolute atomic E-state index is 0.406. The zero-order valence-corrected chi connectivity index (χ0v) is 12.9. The number of hydrogen-bond acceptors (Lipinski definition) is 2. The maximum atomic E-state index is 11.5. The maximum absolute atomic E-state index is 11.5. The number of likely N-dealkylation sites (tertiary alicyclic amines) is 1. The first-order valence-corrected chi connectivity index (χ1v) is 7.75. The van der Waals surface area contributed by atoms with E-state index in [1.807, 2.05) is 6.92 Å². The summed E-state index contributed by atoms with van der Waals surface area (Å²) >= 11 is 0. The molecule has 2 fully saturated rings. The molecular weight excluding hydrogens is 238 g/mol. The van der Waals surface area contributed by atoms with Crippen LogP contribution in [0.15, 0.2) is 0 Å². The SMILES string of the molecule is CCC1(C(=O)O)CCN(C2CC(C)CC(C)(C)C2)C1. The van der Waals surface area contributed by atoms with Gasteiger partial charge in [-0.3, -0.25) is 9.69 Å². The second-order valence-corrected chi connectivity index (χ2v) is 7.73. The van der Waals surface area contributed by atoms with Crippen LogP contribution >= 0.6 is 0 Å². The highest BCUT2D eigenvalue weighted by Gasteiger charge is 2.46. The Morgan fingerprint density at radius 1 is 1.37 bits per heavy atom. The van der Waals surface area contributed by atoms with Crippen molar-refractivity contribution in [1.82, 2.24) is 4.90 Å². The number of nitrogens with zero attached hydrogens (tertiary/aromatic N) is 1. The van der Waals surface area contributed by atoms with Gasteiger partial charge in [0.1, 0.15) is 0 Å². The Morgan fingerprint density at radius 2 is 2.05 bits per heavy atom. The van der Waals surface area contributed by atoms with Gasteiger partial charge in [-0.05, 0) is 50.0 Å². The van der Waals surface area contributed by atoms with Crippen LogP contribution in [-0.2, 0) is 4.79 Å². The van der Waals surface area contributed by atoms with Crippen molar-refractivity contribution in [2.24, 2.45) is 16.7 Å². The molecule has 0 aromatic heterocycles. The van der Waals surface area contributed by atoms with Crippen LogP contribution in [0.25, 0.3) is 0 Å². The van der Waals surface area contributed by atoms with E-state index in [1.165, 1.54) is 19.3 Å². The Balaban J connectivity index is 2.06. The molecule has 3 nitrogen and oxygen atoms in total. The Labute approximate surface area is 117 Å². The molecule has 1 N–H and O–H groups in total. The van der Waals surface area contributed by atoms with Crippen LogP contribution in [0, 0.1) is 16.7 Å². The Bertz CT molecular complexity index is 353. The summed E-state index contributed by atoms with van der Waals surface area (Å²) in [6, 6.07) is 0.589. The second-order valence-electron chi connectivity index (χ2n) is 7.73. The molecule has 1 heterocycles. The minimum Gasteiger partial charge on any atom is -0.481 e. The summed E-state index contributed by atoms with van der Waals surface area (Å²) in [7, 11) is 0. The molecule has 0 aromatic carbocycles. The van der Waals surface area contributed by atoms with E-state index in [-0.39, 0.29) is 0 Å². The molecule has 1 saturated heterocycles. The van der Waals surface area contributed by atoms with Gasteiger partial charge in [0.05, 0.1) is 5.41 Å². The molecule has 1 aliphatic carbocycles. The van der Waals surface area contributed by atoms with Crippen LogP contribution in [0.3, 0.4) is 0 Å². The third-order valence-electron chi connectivity index (χ3n) is 5.39. The Kier molecular flexibility index (Phi) is 3.97. The van der Waals surface area contributed by atoms with Gasteiger partial charge >= 0.3 is 5.97 Å². The number of carboxylic acid groups (broad SMARTS) is 1. The lowest BCUT2D eigenvalue weighted by Crippen LogP contribution is -2.44. The molecule has 3 atom stereocenters. The zero-order chi connectivity index (χ0) is 14.3. The fraction of sp³-hybridized carbons (Fsp3) is 0.938. The van der Waals surface area contributed by atoms with Crippen molar-refractivity contribution in [3.63, 3.8) is 0 Å². The van der Waals surface area contributed by atoms with E-state index in [0.29, 0.717) is 11.5 Å². The summed E-state index contributed by atoms with van der Waals surface area (Å²) in [5.74, 6) is 0.163. The molecule has 19 heavy (non-hydrogen) atoms. The summed E-state index contributed by atoms with van der Waals surface area (Å²) in [6.45, 7) is 10.8. The number of carboxylic acids is 1. The number of rotatable bonds is 3. The fourth-order valence-electron chi connectivity index (χ4n) is 4.40. The van der Waals surface area contributed by atoms with Gasteiger partial charge in [-0.2, -0.15) is 0 Å². The molecule has 0 spiro atoms. The van der Waals surface area contributed by atoms with Gasteiger partial charge in [-0.25, -0.2) is 0 Å². The van der Waals surface area contributed by atoms with Crippen molar-refractivity contribution < 1.29 is 9.90 Å². The summed E-state index contributed by atoms with van der Waals surface area (Å²) in [5, 5.41) is 9.51. The maximum Gasteiger partial charge on any atom is 0.310 e. The molecular formula is C16H29NO2. The van der Waals surface area contributed by atoms with Gasteiger partial charge in [-0.15, -0.1) is 0 Å². The van der Waals surface area contributed by atoms with E-state index < -0.39 is 11.4 Å². The van der Waals surface area contributed by atoms with Crippen molar-refractivity contribution in [3.05, 3.63) is 0 Å². The van der Waals surface area contributed by atoms with Crippen LogP contribution in [0.4, 0.5) is 0 Å². The molecule has 0 amide bonds. The first-order chi connectivity index (χ1) is 8.78. The molecule has 110 valence electrons. The van der Waals surface area contributed by atoms with Gasteiger partial charge in [0.2, 0.25) is 0 Å². The highest BCUT2D eigenvalue weighted by Crippen LogP contribution is 2.43. The molecule has 0 radical (unpaired) electrons. The van der Waals surface area contributed by atoms with Gasteiger partial charge in [-0.1, -0.05) is 27.7 Å². The van der Waals surface area contributed by atoms with Gasteiger partial charge in [0.25, 0.3) is 0 Å². The highest BCUT2D eigenvalue weighted by molar-refractivity contribution is 5.75. The molecule has 2 rings (SSSR count). The molecule has 2 aliphatic rings. The van der Waals surface area contributed by atoms with Crippen LogP contribution in [0.1, 0.15) is 59.8 Å². The monoisotopic (exact) mass is 267 g/mol. The lowest BCUT2D eigenvalue weighted by atomic mass is 9.70. The summed E-state index contributed by atoms with van der Waals surface area (Å²) in [4.78, 5) is 14.0. The van der Waals surface area contributed by atoms with Crippen molar-refractivity contribution in [2.75, 3.05) is 13.1 Å². The molecule has 1 aliphatic heterocycles. The van der Waals surface area contributed by atoms with E-state index in [9.17, 15) is 9.90 Å². The summed E-state index contributed by atoms with van der Waals surface area (Å²) in [6.07, 6.45) is 5.34. The van der Waals surface area contributed by atoms with E-state index in [2.05, 4.69) is 25.7 Å². The van der Waals surface area contributed by atoms with E-state index in [0.717, 1.165) is 31.8 Å². The normalized spacial score (nSPS) is 39.4. The molecule has 1 saturated carbocycles. The number of hydrogen-bond donors (Lipinski definition) is 1. The minimum atomic E-state index is -0.597. The van der Waals surface area contributed by atoms with Gasteiger partial charge in [0.15, 0.2) is 0 Å². The third kappa shape index (κ3) is 2.96. The van der Waals surface area contributed by atoms with Gasteiger partial charge < -0.3 is 5.11 Å². The molecule has 0 bridgehead atoms. The zero-order valence-electron chi connectivity index (χ0n) is 12.9. The predicted molar refractivity (Wildman–Crippen MR) is 77.1 cm³/mol. The summed E-state index contributed by atoms with van der Waals surface area (Å²) < 4.78 is 0. The largest absolute Gasteiger partial charge is 0.481 e. The third-order valence-corrected chi connectivity index (χ3v) is 5.39. The Morgan fingerprint density at radius 3 is 2.53 bits per heavy atom. The van der Waals surface area contributed by atoms with Crippen molar-refractivity contribution in [3.8, 4) is 0 Å². The molecule has 0 aromatic rings. The van der Waals surface area contributed by atoms with Crippen molar-refractivity contribution in [2.45, 2.75) is 65.8 Å². The molecule has 3 heteroatoms. The lowest BCUT2D eigenvalue weighted by molar-refractivity contribution is -0.148. The molecule has 3 unspecified atom stereocenters. The smallest absolute Gasteiger partial charge is 0.310 e. The number of carbonyl (C=O) groups is 1. The van der Waals surface area contributed by atoms with E-state index in [4.69, 9.17) is 0 Å². The van der Waals surface area contributed by atoms with Crippen molar-refractivity contribution >= 4 is 5.97 Å². The fourth-order valence-corrected chi connectivity index (χ4v) is 4.40. The van der Waals surface area contributed by atoms with Crippen LogP contribution in [0.2, 0.25) is 0 Å². The highest BCUT2D eigenvalue weighted by atomic mass is 16.4. The van der Waals surface area contributed by atoms with Gasteiger partial charge in [0, 0.05) is 12.6 Å². The van der Waals surface area contributed by atoms with Crippen LogP contribution in [-0.4, -0.2) is 35.1 Å². The summed E-state index contributed by atoms with van der Waals surface area (Å²) in [5.41, 5.74) is -0.0755. The number of aliphatic carboxylic acids is 1. The topological polar surface area (TPSA) is 40.5 Å².